The maximum Gasteiger partial charge on any atom is 0.283 e. The molecule has 0 aromatic heterocycles. The van der Waals surface area contributed by atoms with Crippen molar-refractivity contribution in [1.29, 1.82) is 0 Å². The number of nitro benzene ring substituents is 1. The van der Waals surface area contributed by atoms with Crippen molar-refractivity contribution < 1.29 is 4.92 Å². The minimum Gasteiger partial charge on any atom is -0.310 e. The van der Waals surface area contributed by atoms with E-state index in [2.05, 4.69) is 28.2 Å². The van der Waals surface area contributed by atoms with Gasteiger partial charge in [-0.1, -0.05) is 25.5 Å². The van der Waals surface area contributed by atoms with Gasteiger partial charge in [-0.2, -0.15) is 0 Å². The molecule has 0 aliphatic heterocycles. The van der Waals surface area contributed by atoms with Crippen LogP contribution in [0.4, 0.5) is 5.69 Å². The van der Waals surface area contributed by atoms with E-state index in [9.17, 15) is 10.1 Å². The molecule has 2 rings (SSSR count). The fraction of sp³-hybridized carbons (Fsp3) is 0.600. The fourth-order valence-corrected chi connectivity index (χ4v) is 3.42. The Balaban J connectivity index is 1.92. The summed E-state index contributed by atoms with van der Waals surface area (Å²) < 4.78 is 0.597. The van der Waals surface area contributed by atoms with Gasteiger partial charge in [-0.3, -0.25) is 10.1 Å². The standard InChI is InChI=1S/C15H21BrN2O2/c1-2-11-6-8-13(9-7-11)17-10-12-4-3-5-14(15(12)16)18(19)20/h3-5,11,13,17H,2,6-10H2,1H3. The van der Waals surface area contributed by atoms with Crippen LogP contribution in [-0.2, 0) is 6.54 Å². The third kappa shape index (κ3) is 3.79. The van der Waals surface area contributed by atoms with Gasteiger partial charge in [0.15, 0.2) is 0 Å². The maximum absolute atomic E-state index is 10.9. The molecule has 4 nitrogen and oxygen atoms in total. The van der Waals surface area contributed by atoms with Crippen molar-refractivity contribution in [2.24, 2.45) is 5.92 Å². The van der Waals surface area contributed by atoms with Crippen LogP contribution in [0, 0.1) is 16.0 Å². The monoisotopic (exact) mass is 340 g/mol. The molecule has 1 aromatic carbocycles. The molecule has 1 aliphatic rings. The van der Waals surface area contributed by atoms with Crippen molar-refractivity contribution in [2.75, 3.05) is 0 Å². The molecule has 1 saturated carbocycles. The van der Waals surface area contributed by atoms with E-state index in [-0.39, 0.29) is 10.6 Å². The molecule has 0 bridgehead atoms. The zero-order valence-corrected chi connectivity index (χ0v) is 13.4. The molecule has 0 atom stereocenters. The van der Waals surface area contributed by atoms with Crippen molar-refractivity contribution in [3.63, 3.8) is 0 Å². The summed E-state index contributed by atoms with van der Waals surface area (Å²) in [6.45, 7) is 2.95. The molecule has 0 unspecified atom stereocenters. The lowest BCUT2D eigenvalue weighted by Gasteiger charge is -2.28. The van der Waals surface area contributed by atoms with Gasteiger partial charge in [-0.15, -0.1) is 0 Å². The Bertz CT molecular complexity index is 471. The smallest absolute Gasteiger partial charge is 0.283 e. The molecule has 110 valence electrons. The van der Waals surface area contributed by atoms with E-state index in [4.69, 9.17) is 0 Å². The van der Waals surface area contributed by atoms with Crippen LogP contribution in [0.3, 0.4) is 0 Å². The number of nitrogens with one attached hydrogen (secondary N) is 1. The van der Waals surface area contributed by atoms with Crippen LogP contribution < -0.4 is 5.32 Å². The summed E-state index contributed by atoms with van der Waals surface area (Å²) in [7, 11) is 0. The highest BCUT2D eigenvalue weighted by Crippen LogP contribution is 2.29. The topological polar surface area (TPSA) is 55.2 Å². The number of hydrogen-bond acceptors (Lipinski definition) is 3. The molecule has 0 saturated heterocycles. The predicted molar refractivity (Wildman–Crippen MR) is 83.7 cm³/mol. The molecular weight excluding hydrogens is 320 g/mol. The van der Waals surface area contributed by atoms with Crippen LogP contribution in [0.15, 0.2) is 22.7 Å². The summed E-state index contributed by atoms with van der Waals surface area (Å²) in [5.74, 6) is 0.887. The molecule has 20 heavy (non-hydrogen) atoms. The van der Waals surface area contributed by atoms with Gasteiger partial charge in [-0.05, 0) is 53.1 Å². The minimum atomic E-state index is -0.347. The summed E-state index contributed by atoms with van der Waals surface area (Å²) >= 11 is 3.35. The highest BCUT2D eigenvalue weighted by Gasteiger charge is 2.20. The molecule has 5 heteroatoms. The molecule has 0 heterocycles. The van der Waals surface area contributed by atoms with E-state index < -0.39 is 0 Å². The molecule has 1 aliphatic carbocycles. The number of benzene rings is 1. The van der Waals surface area contributed by atoms with Crippen LogP contribution in [0.5, 0.6) is 0 Å². The Morgan fingerprint density at radius 3 is 2.65 bits per heavy atom. The Kier molecular flexibility index (Phi) is 5.54. The number of rotatable bonds is 5. The zero-order valence-electron chi connectivity index (χ0n) is 11.8. The van der Waals surface area contributed by atoms with Crippen molar-refractivity contribution in [3.05, 3.63) is 38.3 Å². The van der Waals surface area contributed by atoms with Crippen LogP contribution in [0.2, 0.25) is 0 Å². The third-order valence-electron chi connectivity index (χ3n) is 4.26. The lowest BCUT2D eigenvalue weighted by atomic mass is 9.84. The second-order valence-electron chi connectivity index (χ2n) is 5.51. The number of nitrogens with zero attached hydrogens (tertiary/aromatic N) is 1. The van der Waals surface area contributed by atoms with E-state index in [0.717, 1.165) is 11.5 Å². The molecule has 1 aromatic rings. The van der Waals surface area contributed by atoms with Gasteiger partial charge in [0, 0.05) is 18.7 Å². The summed E-state index contributed by atoms with van der Waals surface area (Å²) in [6.07, 6.45) is 6.30. The predicted octanol–water partition coefficient (Wildman–Crippen LogP) is 4.42. The first-order valence-corrected chi connectivity index (χ1v) is 8.06. The average Bonchev–Trinajstić information content (AvgIpc) is 2.46. The fourth-order valence-electron chi connectivity index (χ4n) is 2.87. The molecule has 0 amide bonds. The van der Waals surface area contributed by atoms with Gasteiger partial charge < -0.3 is 5.32 Å². The van der Waals surface area contributed by atoms with Crippen LogP contribution in [0.25, 0.3) is 0 Å². The molecule has 0 spiro atoms. The third-order valence-corrected chi connectivity index (χ3v) is 5.18. The summed E-state index contributed by atoms with van der Waals surface area (Å²) in [5, 5.41) is 14.4. The zero-order chi connectivity index (χ0) is 14.5. The van der Waals surface area contributed by atoms with Gasteiger partial charge in [0.2, 0.25) is 0 Å². The molecular formula is C15H21BrN2O2. The lowest BCUT2D eigenvalue weighted by molar-refractivity contribution is -0.385. The van der Waals surface area contributed by atoms with Crippen LogP contribution in [0.1, 0.15) is 44.6 Å². The van der Waals surface area contributed by atoms with Crippen molar-refractivity contribution in [3.8, 4) is 0 Å². The van der Waals surface area contributed by atoms with Gasteiger partial charge in [0.05, 0.1) is 9.40 Å². The number of hydrogen-bond donors (Lipinski definition) is 1. The largest absolute Gasteiger partial charge is 0.310 e. The minimum absolute atomic E-state index is 0.138. The van der Waals surface area contributed by atoms with E-state index in [1.54, 1.807) is 6.07 Å². The molecule has 1 fully saturated rings. The maximum atomic E-state index is 10.9. The van der Waals surface area contributed by atoms with Gasteiger partial charge in [-0.25, -0.2) is 0 Å². The van der Waals surface area contributed by atoms with Crippen LogP contribution in [-0.4, -0.2) is 11.0 Å². The van der Waals surface area contributed by atoms with Crippen molar-refractivity contribution in [2.45, 2.75) is 51.6 Å². The first-order chi connectivity index (χ1) is 9.61. The highest BCUT2D eigenvalue weighted by molar-refractivity contribution is 9.10. The molecule has 1 N–H and O–H groups in total. The van der Waals surface area contributed by atoms with Crippen LogP contribution >= 0.6 is 15.9 Å². The SMILES string of the molecule is CCC1CCC(NCc2cccc([N+](=O)[O-])c2Br)CC1. The average molecular weight is 341 g/mol. The number of nitro groups is 1. The summed E-state index contributed by atoms with van der Waals surface area (Å²) in [4.78, 5) is 10.6. The van der Waals surface area contributed by atoms with E-state index >= 15 is 0 Å². The van der Waals surface area contributed by atoms with Crippen molar-refractivity contribution in [1.82, 2.24) is 5.32 Å². The van der Waals surface area contributed by atoms with Gasteiger partial charge in [0.25, 0.3) is 5.69 Å². The quantitative estimate of drug-likeness (QED) is 0.637. The normalized spacial score (nSPS) is 22.7. The van der Waals surface area contributed by atoms with E-state index in [1.165, 1.54) is 38.2 Å². The number of halogens is 1. The Morgan fingerprint density at radius 2 is 2.05 bits per heavy atom. The molecule has 0 radical (unpaired) electrons. The first kappa shape index (κ1) is 15.4. The van der Waals surface area contributed by atoms with Gasteiger partial charge in [0.1, 0.15) is 0 Å². The second-order valence-corrected chi connectivity index (χ2v) is 6.31. The Hall–Kier alpha value is -0.940. The van der Waals surface area contributed by atoms with E-state index in [1.807, 2.05) is 6.07 Å². The Labute approximate surface area is 128 Å². The summed E-state index contributed by atoms with van der Waals surface area (Å²) in [6, 6.07) is 5.75. The first-order valence-electron chi connectivity index (χ1n) is 7.27. The van der Waals surface area contributed by atoms with Crippen molar-refractivity contribution >= 4 is 21.6 Å². The van der Waals surface area contributed by atoms with Gasteiger partial charge >= 0.3 is 0 Å². The van der Waals surface area contributed by atoms with E-state index in [0.29, 0.717) is 17.1 Å². The summed E-state index contributed by atoms with van der Waals surface area (Å²) in [5.41, 5.74) is 1.09. The highest BCUT2D eigenvalue weighted by atomic mass is 79.9. The Morgan fingerprint density at radius 1 is 1.35 bits per heavy atom. The lowest BCUT2D eigenvalue weighted by Crippen LogP contribution is -2.32. The second kappa shape index (κ2) is 7.18.